The SMILES string of the molecule is CCN(C(=O)OCc1ccc(NC(=O)[C@H](CCCNC(N)=O)NC(=O)[C@@H](NC(=O)[C@H](CCCCN)NC(C)=O)C(C)C)cc1)[C@H]1CO[C@@H](O[C@H]2[C@H](O[C@H]3C#CC=CC#C[C@]4(O)CC(=O)C(NC(=O)OC)=C3/C4=C\CSSC(C)(C)CC(=O)NN)O[C@H](C)[C@@H](NO[C@H]3C[C@H](O)[C@H]([SH]=C(O)c4c(C)c(I)c(O[C@@H]5O[C@@H](C)[C@H](O)[C@@H](OC)[C@H]5O)c(OC)c4OC)[C@@H](C)O3)[C@@H]2O)C[C@@H]1OC. The van der Waals surface area contributed by atoms with Gasteiger partial charge in [0.15, 0.2) is 41.8 Å². The maximum atomic E-state index is 14.6. The Labute approximate surface area is 786 Å². The second-order valence-corrected chi connectivity index (χ2v) is 38.1. The third-order valence-corrected chi connectivity index (χ3v) is 28.3. The number of aliphatic hydroxyl groups excluding tert-OH is 5. The van der Waals surface area contributed by atoms with Gasteiger partial charge in [0.05, 0.1) is 97.0 Å². The number of aliphatic hydroxyl groups is 6. The van der Waals surface area contributed by atoms with Gasteiger partial charge >= 0.3 is 18.2 Å². The number of hydrogen-bond donors (Lipinski definition) is 18. The van der Waals surface area contributed by atoms with Gasteiger partial charge in [0.25, 0.3) is 0 Å². The van der Waals surface area contributed by atoms with Crippen molar-refractivity contribution in [2.24, 2.45) is 23.2 Å². The number of primary amides is 1. The molecule has 22 atom stereocenters. The lowest BCUT2D eigenvalue weighted by Crippen LogP contribution is -2.65. The highest BCUT2D eigenvalue weighted by Gasteiger charge is 2.53. The summed E-state index contributed by atoms with van der Waals surface area (Å²) in [5, 5.41) is 86.6. The summed E-state index contributed by atoms with van der Waals surface area (Å²) in [6.45, 7) is 16.6. The number of halogens is 1. The normalized spacial score (nSPS) is 27.8. The molecule has 9 amide bonds. The molecule has 2 aromatic rings. The number of hydrazine groups is 1. The number of fused-ring (bicyclic) bond motifs is 2. The van der Waals surface area contributed by atoms with Crippen LogP contribution in [0.25, 0.3) is 0 Å². The number of anilines is 1. The molecule has 0 spiro atoms. The van der Waals surface area contributed by atoms with Gasteiger partial charge in [-0.15, -0.1) is 0 Å². The van der Waals surface area contributed by atoms with Gasteiger partial charge in [-0.1, -0.05) is 77.3 Å². The number of ketones is 1. The Morgan fingerprint density at radius 2 is 1.50 bits per heavy atom. The number of Topliss-reactive ketones (excluding diaryl/α,β-unsaturated/α-hetero) is 1. The Morgan fingerprint density at radius 3 is 2.13 bits per heavy atom. The quantitative estimate of drug-likeness (QED) is 0.00522. The summed E-state index contributed by atoms with van der Waals surface area (Å²) >= 11 is 2.18. The van der Waals surface area contributed by atoms with Crippen LogP contribution in [0, 0.1) is 40.1 Å². The fourth-order valence-electron chi connectivity index (χ4n) is 15.5. The van der Waals surface area contributed by atoms with Crippen molar-refractivity contribution in [3.05, 3.63) is 79.6 Å². The summed E-state index contributed by atoms with van der Waals surface area (Å²) < 4.78 is 79.2. The molecule has 6 aliphatic rings. The number of hydrogen-bond acceptors (Lipinski definition) is 33. The van der Waals surface area contributed by atoms with Gasteiger partial charge in [0, 0.05) is 80.8 Å². The number of nitrogens with two attached hydrogens (primary N) is 3. The Bertz CT molecular complexity index is 4560. The Morgan fingerprint density at radius 1 is 0.809 bits per heavy atom. The maximum Gasteiger partial charge on any atom is 0.411 e. The van der Waals surface area contributed by atoms with Crippen molar-refractivity contribution in [3.63, 3.8) is 0 Å². The van der Waals surface area contributed by atoms with Crippen molar-refractivity contribution in [2.45, 2.75) is 272 Å². The van der Waals surface area contributed by atoms with E-state index >= 15 is 0 Å². The number of allylic oxidation sites excluding steroid dienone is 3. The van der Waals surface area contributed by atoms with Crippen molar-refractivity contribution in [1.29, 1.82) is 0 Å². The Kier molecular flexibility index (Phi) is 42.2. The highest BCUT2D eigenvalue weighted by molar-refractivity contribution is 14.1. The summed E-state index contributed by atoms with van der Waals surface area (Å²) in [4.78, 5) is 128. The minimum absolute atomic E-state index is 0.0164. The Balaban J connectivity index is 1.03. The highest BCUT2D eigenvalue weighted by atomic mass is 127. The number of alkyl carbamates (subject to hydrolysis) is 1. The zero-order valence-corrected chi connectivity index (χ0v) is 80.4. The van der Waals surface area contributed by atoms with Crippen LogP contribution in [0.2, 0.25) is 0 Å². The molecule has 45 heteroatoms. The van der Waals surface area contributed by atoms with Crippen LogP contribution >= 0.6 is 55.5 Å². The molecule has 2 aliphatic carbocycles. The molecule has 4 saturated heterocycles. The molecule has 0 aromatic heterocycles. The van der Waals surface area contributed by atoms with Crippen molar-refractivity contribution in [2.75, 3.05) is 72.9 Å². The minimum atomic E-state index is -2.26. The monoisotopic (exact) mass is 2010 g/mol. The van der Waals surface area contributed by atoms with Gasteiger partial charge in [-0.25, -0.2) is 20.2 Å². The molecule has 4 aliphatic heterocycles. The number of unbranched alkanes of at least 4 members (excludes halogenated alkanes) is 1. The van der Waals surface area contributed by atoms with E-state index in [0.717, 1.165) is 7.11 Å². The van der Waals surface area contributed by atoms with Gasteiger partial charge in [0.2, 0.25) is 41.6 Å². The summed E-state index contributed by atoms with van der Waals surface area (Å²) in [7, 11) is 9.16. The Hall–Kier alpha value is -8.06. The van der Waals surface area contributed by atoms with Gasteiger partial charge in [-0.3, -0.25) is 44.3 Å². The molecule has 20 N–H and O–H groups in total. The molecular formula is C86H125IN12O29S3. The largest absolute Gasteiger partial charge is 0.492 e. The molecule has 728 valence electrons. The number of amides is 9. The number of carbonyl (C=O) groups excluding carboxylic acids is 9. The average molecular weight is 2010 g/mol. The lowest BCUT2D eigenvalue weighted by atomic mass is 9.75. The molecular weight excluding hydrogens is 1890 g/mol. The van der Waals surface area contributed by atoms with E-state index in [1.54, 1.807) is 78.8 Å². The van der Waals surface area contributed by atoms with Crippen LogP contribution in [0.4, 0.5) is 20.1 Å². The topological polar surface area (TPSA) is 582 Å². The predicted molar refractivity (Wildman–Crippen MR) is 491 cm³/mol. The lowest BCUT2D eigenvalue weighted by molar-refractivity contribution is -0.337. The highest BCUT2D eigenvalue weighted by Crippen LogP contribution is 2.49. The van der Waals surface area contributed by atoms with Crippen molar-refractivity contribution in [1.82, 2.24) is 42.4 Å². The molecule has 131 heavy (non-hydrogen) atoms. The number of hydroxylamine groups is 1. The van der Waals surface area contributed by atoms with Gasteiger partial charge in [0.1, 0.15) is 66.4 Å². The van der Waals surface area contributed by atoms with E-state index in [1.165, 1.54) is 74.0 Å². The first kappa shape index (κ1) is 108. The van der Waals surface area contributed by atoms with E-state index < -0.39 is 210 Å². The second kappa shape index (κ2) is 51.0. The number of carbonyl (C=O) groups is 9. The first-order valence-electron chi connectivity index (χ1n) is 42.7. The fraction of sp³-hybridized carbons (Fsp3) is 0.628. The fourth-order valence-corrected chi connectivity index (χ4v) is 19.7. The summed E-state index contributed by atoms with van der Waals surface area (Å²) in [6, 6.07) is 0.113. The molecule has 2 aromatic carbocycles. The first-order chi connectivity index (χ1) is 62.2. The smallest absolute Gasteiger partial charge is 0.411 e. The minimum Gasteiger partial charge on any atom is -0.492 e. The number of benzene rings is 2. The van der Waals surface area contributed by atoms with Crippen LogP contribution < -0.4 is 74.3 Å². The summed E-state index contributed by atoms with van der Waals surface area (Å²) in [5.41, 5.74) is 14.6. The molecule has 0 radical (unpaired) electrons. The van der Waals surface area contributed by atoms with Crippen molar-refractivity contribution >= 4 is 120 Å². The second-order valence-electron chi connectivity index (χ2n) is 32.7. The molecule has 2 bridgehead atoms. The third-order valence-electron chi connectivity index (χ3n) is 22.3. The molecule has 4 fully saturated rings. The number of methoxy groups -OCH3 is 5. The van der Waals surface area contributed by atoms with Crippen LogP contribution in [-0.4, -0.2) is 300 Å². The number of nitrogens with one attached hydrogen (secondary N) is 8. The maximum absolute atomic E-state index is 14.6. The molecule has 0 saturated carbocycles. The van der Waals surface area contributed by atoms with Gasteiger partial charge in [-0.05, 0) is 151 Å². The van der Waals surface area contributed by atoms with E-state index in [1.807, 2.05) is 36.4 Å². The van der Waals surface area contributed by atoms with E-state index in [-0.39, 0.29) is 127 Å². The van der Waals surface area contributed by atoms with Crippen LogP contribution in [-0.2, 0) is 87.6 Å². The van der Waals surface area contributed by atoms with E-state index in [9.17, 15) is 73.8 Å². The zero-order chi connectivity index (χ0) is 96.5. The van der Waals surface area contributed by atoms with E-state index in [4.69, 9.17) is 83.7 Å². The number of rotatable bonds is 42. The number of likely N-dealkylation sites (N-methyl/N-ethyl adjacent to an activating group) is 1. The third kappa shape index (κ3) is 29.2. The van der Waals surface area contributed by atoms with Crippen LogP contribution in [0.5, 0.6) is 17.2 Å². The molecule has 0 unspecified atom stereocenters. The lowest BCUT2D eigenvalue weighted by Gasteiger charge is -2.47. The van der Waals surface area contributed by atoms with Crippen LogP contribution in [0.1, 0.15) is 137 Å². The number of ether oxygens (including phenoxy) is 13. The number of thiol groups is 1. The summed E-state index contributed by atoms with van der Waals surface area (Å²) in [5.74, 6) is 13.0. The first-order valence-corrected chi connectivity index (χ1v) is 47.0. The molecule has 41 nitrogen and oxygen atoms in total. The predicted octanol–water partition coefficient (Wildman–Crippen LogP) is 2.40. The van der Waals surface area contributed by atoms with Crippen molar-refractivity contribution < 1.29 is 140 Å². The average Bonchev–Trinajstić information content (AvgIpc) is 1.26. The molecule has 8 rings (SSSR count). The standard InChI is InChI=1S/C86H125IN12O29S3/c1-16-99(84(113)121-40-48-27-29-49(30-28-48)93-76(107)52(25-23-34-91-82(89)111)94-78(109)64(42(2)3)95-77(108)51(92-47(8)100)24-20-22-33-88)53-41-120-59(37-57(53)115-11)126-73-68(105)65(44(5)123-81(73)125-56-26-19-17-18-21-32-86(114)38-55(102)66(96-83(112)119-15)62(56)50(86)31-35-129-131-85(9,10)39-58(103)97-90)98-128-60-36-54(101)75(46(7)122-60)130-79(110)61-43(4)63(87)71(74(118-14)70(61)116-12)127-80-69(106)72(117-13)67(104)45(6)124-80/h17-18,27-31,42,44-46,51-54,56-57,59-60,64-65,67-69,72-73,75,80-81,98,101,104-106,110,114,130H,16,20,22-25,33-41,88,90H2,1-15H3,(H,92,100)(H,93,107)(H,94,109)(H,95,108)(H,96,112)(H,97,103)(H3,89,91,111)/b18-17?,50-31+/t44-,45+,46-,51+,52+,53+,54+,56+,57+,59+,60+,64+,65-,67+,68+,69-,72-,73-,75-,80+,81+,86+/m1/s1. The van der Waals surface area contributed by atoms with Gasteiger partial charge < -0.3 is 135 Å². The van der Waals surface area contributed by atoms with Gasteiger partial charge in [-0.2, -0.15) is 16.8 Å². The van der Waals surface area contributed by atoms with E-state index in [0.29, 0.717) is 34.1 Å². The van der Waals surface area contributed by atoms with E-state index in [2.05, 4.69) is 66.5 Å². The molecule has 4 heterocycles. The van der Waals surface area contributed by atoms with Crippen molar-refractivity contribution in [3.8, 4) is 40.9 Å². The number of urea groups is 1. The zero-order valence-electron chi connectivity index (χ0n) is 75.7. The van der Waals surface area contributed by atoms with Crippen LogP contribution in [0.3, 0.4) is 0 Å². The summed E-state index contributed by atoms with van der Waals surface area (Å²) in [6.07, 6.45) is -16.2. The number of nitrogens with zero attached hydrogens (tertiary/aromatic N) is 1. The van der Waals surface area contributed by atoms with Crippen LogP contribution in [0.15, 0.2) is 59.3 Å².